The van der Waals surface area contributed by atoms with Crippen LogP contribution in [0.5, 0.6) is 0 Å². The van der Waals surface area contributed by atoms with Gasteiger partial charge in [0.1, 0.15) is 24.1 Å². The number of nitrogens with zero attached hydrogens (tertiary/aromatic N) is 4. The molecule has 1 aromatic carbocycles. The van der Waals surface area contributed by atoms with E-state index in [0.29, 0.717) is 24.0 Å². The van der Waals surface area contributed by atoms with Crippen molar-refractivity contribution in [3.63, 3.8) is 0 Å². The number of amides is 1. The maximum Gasteiger partial charge on any atom is 0.264 e. The lowest BCUT2D eigenvalue weighted by Gasteiger charge is -2.07. The summed E-state index contributed by atoms with van der Waals surface area (Å²) in [6, 6.07) is 6.11. The van der Waals surface area contributed by atoms with Crippen LogP contribution in [0.15, 0.2) is 41.6 Å². The Morgan fingerprint density at radius 3 is 2.79 bits per heavy atom. The molecule has 0 saturated carbocycles. The fourth-order valence-corrected chi connectivity index (χ4v) is 2.39. The Bertz CT molecular complexity index is 930. The number of carbonyl (C=O) groups is 1. The average Bonchev–Trinajstić information content (AvgIpc) is 2.94. The summed E-state index contributed by atoms with van der Waals surface area (Å²) >= 11 is 0. The first kappa shape index (κ1) is 15.9. The minimum atomic E-state index is -0.304. The SMILES string of the molecule is Cn1ncc2c(=O)n(CC(=O)NCCc3ccc(F)cc3)cnc21. The zero-order chi connectivity index (χ0) is 17.1. The molecule has 0 atom stereocenters. The maximum absolute atomic E-state index is 12.8. The number of halogens is 1. The number of rotatable bonds is 5. The zero-order valence-electron chi connectivity index (χ0n) is 13.1. The van der Waals surface area contributed by atoms with Crippen LogP contribution in [0.3, 0.4) is 0 Å². The zero-order valence-corrected chi connectivity index (χ0v) is 13.1. The molecule has 3 rings (SSSR count). The summed E-state index contributed by atoms with van der Waals surface area (Å²) < 4.78 is 15.6. The number of aromatic nitrogens is 4. The number of aryl methyl sites for hydroxylation is 1. The van der Waals surface area contributed by atoms with E-state index >= 15 is 0 Å². The predicted octanol–water partition coefficient (Wildman–Crippen LogP) is 0.628. The molecule has 0 aliphatic rings. The van der Waals surface area contributed by atoms with Crippen LogP contribution in [-0.4, -0.2) is 31.8 Å². The molecule has 0 aliphatic carbocycles. The van der Waals surface area contributed by atoms with Crippen LogP contribution in [0.1, 0.15) is 5.56 Å². The molecule has 0 saturated heterocycles. The summed E-state index contributed by atoms with van der Waals surface area (Å²) in [5, 5.41) is 7.09. The molecule has 1 N–H and O–H groups in total. The molecule has 0 aliphatic heterocycles. The van der Waals surface area contributed by atoms with Gasteiger partial charge in [-0.05, 0) is 24.1 Å². The maximum atomic E-state index is 12.8. The van der Waals surface area contributed by atoms with Crippen molar-refractivity contribution < 1.29 is 9.18 Å². The Morgan fingerprint density at radius 1 is 1.29 bits per heavy atom. The van der Waals surface area contributed by atoms with Gasteiger partial charge in [-0.3, -0.25) is 18.8 Å². The second-order valence-electron chi connectivity index (χ2n) is 5.41. The van der Waals surface area contributed by atoms with Crippen molar-refractivity contribution >= 4 is 16.9 Å². The molecule has 1 amide bonds. The first-order chi connectivity index (χ1) is 11.5. The monoisotopic (exact) mass is 329 g/mol. The lowest BCUT2D eigenvalue weighted by molar-refractivity contribution is -0.121. The predicted molar refractivity (Wildman–Crippen MR) is 85.9 cm³/mol. The van der Waals surface area contributed by atoms with Crippen molar-refractivity contribution in [2.24, 2.45) is 7.05 Å². The van der Waals surface area contributed by atoms with Gasteiger partial charge in [-0.25, -0.2) is 9.37 Å². The lowest BCUT2D eigenvalue weighted by atomic mass is 10.1. The molecular formula is C16H16FN5O2. The van der Waals surface area contributed by atoms with E-state index in [-0.39, 0.29) is 23.8 Å². The van der Waals surface area contributed by atoms with E-state index in [2.05, 4.69) is 15.4 Å². The van der Waals surface area contributed by atoms with E-state index in [1.807, 2.05) is 0 Å². The lowest BCUT2D eigenvalue weighted by Crippen LogP contribution is -2.33. The van der Waals surface area contributed by atoms with Gasteiger partial charge in [0.05, 0.1) is 6.20 Å². The van der Waals surface area contributed by atoms with E-state index in [4.69, 9.17) is 0 Å². The molecule has 0 fully saturated rings. The molecule has 0 spiro atoms. The van der Waals surface area contributed by atoms with Gasteiger partial charge in [-0.1, -0.05) is 12.1 Å². The number of hydrogen-bond donors (Lipinski definition) is 1. The van der Waals surface area contributed by atoms with E-state index in [1.165, 1.54) is 33.9 Å². The number of fused-ring (bicyclic) bond motifs is 1. The third-order valence-corrected chi connectivity index (χ3v) is 3.68. The Kier molecular flexibility index (Phi) is 4.37. The standard InChI is InChI=1S/C16H16FN5O2/c1-21-15-13(8-20-21)16(24)22(10-19-15)9-14(23)18-7-6-11-2-4-12(17)5-3-11/h2-5,8,10H,6-7,9H2,1H3,(H,18,23). The topological polar surface area (TPSA) is 81.8 Å². The molecule has 0 unspecified atom stereocenters. The van der Waals surface area contributed by atoms with Crippen molar-refractivity contribution in [2.75, 3.05) is 6.54 Å². The van der Waals surface area contributed by atoms with Gasteiger partial charge in [0, 0.05) is 13.6 Å². The summed E-state index contributed by atoms with van der Waals surface area (Å²) in [6.45, 7) is 0.294. The first-order valence-electron chi connectivity index (χ1n) is 7.43. The molecule has 7 nitrogen and oxygen atoms in total. The van der Waals surface area contributed by atoms with Crippen LogP contribution in [0.4, 0.5) is 4.39 Å². The highest BCUT2D eigenvalue weighted by molar-refractivity contribution is 5.77. The van der Waals surface area contributed by atoms with E-state index in [1.54, 1.807) is 19.2 Å². The van der Waals surface area contributed by atoms with E-state index < -0.39 is 0 Å². The summed E-state index contributed by atoms with van der Waals surface area (Å²) in [5.74, 6) is -0.579. The van der Waals surface area contributed by atoms with Gasteiger partial charge in [0.15, 0.2) is 5.65 Å². The Labute approximate surface area is 136 Å². The van der Waals surface area contributed by atoms with E-state index in [9.17, 15) is 14.0 Å². The number of nitrogens with one attached hydrogen (secondary N) is 1. The summed E-state index contributed by atoms with van der Waals surface area (Å²) in [6.07, 6.45) is 3.36. The molecule has 24 heavy (non-hydrogen) atoms. The summed E-state index contributed by atoms with van der Waals surface area (Å²) in [5.41, 5.74) is 1.10. The number of carbonyl (C=O) groups excluding carboxylic acids is 1. The molecule has 124 valence electrons. The highest BCUT2D eigenvalue weighted by Crippen LogP contribution is 2.04. The minimum absolute atomic E-state index is 0.111. The minimum Gasteiger partial charge on any atom is -0.354 e. The van der Waals surface area contributed by atoms with Gasteiger partial charge in [0.2, 0.25) is 5.91 Å². The van der Waals surface area contributed by atoms with Gasteiger partial charge >= 0.3 is 0 Å². The van der Waals surface area contributed by atoms with Crippen LogP contribution in [-0.2, 0) is 24.8 Å². The Morgan fingerprint density at radius 2 is 2.04 bits per heavy atom. The number of benzene rings is 1. The van der Waals surface area contributed by atoms with Crippen LogP contribution in [0.2, 0.25) is 0 Å². The molecule has 8 heteroatoms. The summed E-state index contributed by atoms with van der Waals surface area (Å²) in [4.78, 5) is 28.4. The smallest absolute Gasteiger partial charge is 0.264 e. The quantitative estimate of drug-likeness (QED) is 0.744. The first-order valence-corrected chi connectivity index (χ1v) is 7.43. The van der Waals surface area contributed by atoms with Crippen LogP contribution >= 0.6 is 0 Å². The fourth-order valence-electron chi connectivity index (χ4n) is 2.39. The highest BCUT2D eigenvalue weighted by atomic mass is 19.1. The Balaban J connectivity index is 1.60. The van der Waals surface area contributed by atoms with Gasteiger partial charge in [0.25, 0.3) is 5.56 Å². The number of hydrogen-bond acceptors (Lipinski definition) is 4. The van der Waals surface area contributed by atoms with E-state index in [0.717, 1.165) is 5.56 Å². The van der Waals surface area contributed by atoms with Crippen molar-refractivity contribution in [2.45, 2.75) is 13.0 Å². The normalized spacial score (nSPS) is 10.9. The summed E-state index contributed by atoms with van der Waals surface area (Å²) in [7, 11) is 1.70. The van der Waals surface area contributed by atoms with Crippen molar-refractivity contribution in [1.82, 2.24) is 24.6 Å². The molecule has 0 bridgehead atoms. The average molecular weight is 329 g/mol. The molecule has 0 radical (unpaired) electrons. The van der Waals surface area contributed by atoms with Crippen LogP contribution in [0, 0.1) is 5.82 Å². The fraction of sp³-hybridized carbons (Fsp3) is 0.250. The molecular weight excluding hydrogens is 313 g/mol. The Hall–Kier alpha value is -3.03. The van der Waals surface area contributed by atoms with Crippen molar-refractivity contribution in [3.05, 3.63) is 58.5 Å². The second-order valence-corrected chi connectivity index (χ2v) is 5.41. The van der Waals surface area contributed by atoms with Gasteiger partial charge in [-0.2, -0.15) is 5.10 Å². The largest absolute Gasteiger partial charge is 0.354 e. The molecule has 2 heterocycles. The third kappa shape index (κ3) is 3.32. The van der Waals surface area contributed by atoms with Crippen molar-refractivity contribution in [3.8, 4) is 0 Å². The van der Waals surface area contributed by atoms with Gasteiger partial charge < -0.3 is 5.32 Å². The molecule has 3 aromatic rings. The van der Waals surface area contributed by atoms with Crippen LogP contribution in [0.25, 0.3) is 11.0 Å². The van der Waals surface area contributed by atoms with Crippen molar-refractivity contribution in [1.29, 1.82) is 0 Å². The van der Waals surface area contributed by atoms with Gasteiger partial charge in [-0.15, -0.1) is 0 Å². The second kappa shape index (κ2) is 6.61. The third-order valence-electron chi connectivity index (χ3n) is 3.68. The highest BCUT2D eigenvalue weighted by Gasteiger charge is 2.10. The molecule has 2 aromatic heterocycles. The van der Waals surface area contributed by atoms with Crippen LogP contribution < -0.4 is 10.9 Å².